The predicted molar refractivity (Wildman–Crippen MR) is 69.3 cm³/mol. The molecule has 0 aliphatic heterocycles. The van der Waals surface area contributed by atoms with Crippen LogP contribution < -0.4 is 9.47 Å². The lowest BCUT2D eigenvalue weighted by Crippen LogP contribution is -2.17. The Hall–Kier alpha value is -1.71. The summed E-state index contributed by atoms with van der Waals surface area (Å²) in [4.78, 5) is 11.7. The molecule has 1 rings (SSSR count). The number of para-hydroxylation sites is 1. The summed E-state index contributed by atoms with van der Waals surface area (Å²) in [7, 11) is 2.90. The molecule has 0 fully saturated rings. The van der Waals surface area contributed by atoms with Crippen LogP contribution in [0.15, 0.2) is 18.2 Å². The molecule has 0 radical (unpaired) electrons. The van der Waals surface area contributed by atoms with Crippen molar-refractivity contribution in [1.29, 1.82) is 0 Å². The number of benzene rings is 1. The summed E-state index contributed by atoms with van der Waals surface area (Å²) in [6, 6.07) is 5.18. The average Bonchev–Trinajstić information content (AvgIpc) is 2.43. The number of hydrogen-bond donors (Lipinski definition) is 0. The van der Waals surface area contributed by atoms with Gasteiger partial charge in [0.05, 0.1) is 20.3 Å². The summed E-state index contributed by atoms with van der Waals surface area (Å²) < 4.78 is 15.9. The highest BCUT2D eigenvalue weighted by molar-refractivity contribution is 5.93. The lowest BCUT2D eigenvalue weighted by molar-refractivity contribution is 0.0591. The molecule has 0 atom stereocenters. The Bertz CT molecular complexity index is 397. The number of esters is 1. The molecule has 4 heteroatoms. The SMILES string of the molecule is CCC(CC)Oc1c(OC)cccc1C(=O)OC. The van der Waals surface area contributed by atoms with Crippen molar-refractivity contribution in [3.05, 3.63) is 23.8 Å². The molecule has 1 aromatic rings. The number of rotatable bonds is 6. The molecule has 0 N–H and O–H groups in total. The number of carbonyl (C=O) groups excluding carboxylic acids is 1. The summed E-state index contributed by atoms with van der Waals surface area (Å²) >= 11 is 0. The molecule has 0 aromatic heterocycles. The lowest BCUT2D eigenvalue weighted by Gasteiger charge is -2.19. The fraction of sp³-hybridized carbons (Fsp3) is 0.500. The largest absolute Gasteiger partial charge is 0.493 e. The van der Waals surface area contributed by atoms with Gasteiger partial charge in [0.2, 0.25) is 0 Å². The summed E-state index contributed by atoms with van der Waals surface area (Å²) in [5.74, 6) is 0.584. The Morgan fingerprint density at radius 3 is 2.39 bits per heavy atom. The Morgan fingerprint density at radius 1 is 1.22 bits per heavy atom. The normalized spacial score (nSPS) is 10.3. The van der Waals surface area contributed by atoms with Gasteiger partial charge in [-0.3, -0.25) is 0 Å². The number of carbonyl (C=O) groups is 1. The van der Waals surface area contributed by atoms with E-state index >= 15 is 0 Å². The maximum atomic E-state index is 11.7. The third-order valence-corrected chi connectivity index (χ3v) is 2.80. The molecule has 1 aromatic carbocycles. The van der Waals surface area contributed by atoms with Crippen LogP contribution in [0.5, 0.6) is 11.5 Å². The van der Waals surface area contributed by atoms with Gasteiger partial charge in [-0.1, -0.05) is 19.9 Å². The Balaban J connectivity index is 3.15. The van der Waals surface area contributed by atoms with Gasteiger partial charge in [-0.15, -0.1) is 0 Å². The van der Waals surface area contributed by atoms with Gasteiger partial charge in [-0.25, -0.2) is 4.79 Å². The minimum absolute atomic E-state index is 0.0599. The standard InChI is InChI=1S/C14H20O4/c1-5-10(6-2)18-13-11(14(15)17-4)8-7-9-12(13)16-3/h7-10H,5-6H2,1-4H3. The highest BCUT2D eigenvalue weighted by Gasteiger charge is 2.19. The van der Waals surface area contributed by atoms with Crippen molar-refractivity contribution in [2.24, 2.45) is 0 Å². The lowest BCUT2D eigenvalue weighted by atomic mass is 10.1. The summed E-state index contributed by atoms with van der Waals surface area (Å²) in [5.41, 5.74) is 0.392. The topological polar surface area (TPSA) is 44.8 Å². The van der Waals surface area contributed by atoms with Crippen molar-refractivity contribution in [2.75, 3.05) is 14.2 Å². The molecule has 0 saturated heterocycles. The first-order chi connectivity index (χ1) is 8.67. The summed E-state index contributed by atoms with van der Waals surface area (Å²) in [5, 5.41) is 0. The zero-order chi connectivity index (χ0) is 13.5. The third-order valence-electron chi connectivity index (χ3n) is 2.80. The molecule has 0 spiro atoms. The van der Waals surface area contributed by atoms with E-state index in [0.717, 1.165) is 12.8 Å². The zero-order valence-corrected chi connectivity index (χ0v) is 11.4. The van der Waals surface area contributed by atoms with E-state index < -0.39 is 5.97 Å². The molecule has 4 nitrogen and oxygen atoms in total. The van der Waals surface area contributed by atoms with Crippen LogP contribution in [-0.4, -0.2) is 26.3 Å². The first-order valence-corrected chi connectivity index (χ1v) is 6.09. The first-order valence-electron chi connectivity index (χ1n) is 6.09. The van der Waals surface area contributed by atoms with Crippen LogP contribution in [0.25, 0.3) is 0 Å². The van der Waals surface area contributed by atoms with Crippen LogP contribution >= 0.6 is 0 Å². The van der Waals surface area contributed by atoms with Crippen LogP contribution in [0.3, 0.4) is 0 Å². The number of ether oxygens (including phenoxy) is 3. The van der Waals surface area contributed by atoms with Crippen molar-refractivity contribution in [2.45, 2.75) is 32.8 Å². The fourth-order valence-corrected chi connectivity index (χ4v) is 1.69. The molecule has 18 heavy (non-hydrogen) atoms. The van der Waals surface area contributed by atoms with E-state index in [4.69, 9.17) is 14.2 Å². The van der Waals surface area contributed by atoms with Crippen LogP contribution in [-0.2, 0) is 4.74 Å². The molecular weight excluding hydrogens is 232 g/mol. The van der Waals surface area contributed by atoms with Crippen LogP contribution in [0.1, 0.15) is 37.0 Å². The maximum absolute atomic E-state index is 11.7. The quantitative estimate of drug-likeness (QED) is 0.730. The van der Waals surface area contributed by atoms with E-state index in [2.05, 4.69) is 0 Å². The van der Waals surface area contributed by atoms with Gasteiger partial charge in [-0.2, -0.15) is 0 Å². The Morgan fingerprint density at radius 2 is 1.89 bits per heavy atom. The second-order valence-electron chi connectivity index (χ2n) is 3.88. The molecule has 0 heterocycles. The van der Waals surface area contributed by atoms with Crippen LogP contribution in [0.4, 0.5) is 0 Å². The van der Waals surface area contributed by atoms with Crippen LogP contribution in [0.2, 0.25) is 0 Å². The van der Waals surface area contributed by atoms with Gasteiger partial charge in [-0.05, 0) is 25.0 Å². The van der Waals surface area contributed by atoms with E-state index in [-0.39, 0.29) is 6.10 Å². The van der Waals surface area contributed by atoms with E-state index in [9.17, 15) is 4.79 Å². The van der Waals surface area contributed by atoms with E-state index in [1.165, 1.54) is 7.11 Å². The average molecular weight is 252 g/mol. The number of methoxy groups -OCH3 is 2. The smallest absolute Gasteiger partial charge is 0.341 e. The molecule has 0 amide bonds. The van der Waals surface area contributed by atoms with Gasteiger partial charge in [0.25, 0.3) is 0 Å². The Kier molecular flexibility index (Phi) is 5.49. The maximum Gasteiger partial charge on any atom is 0.341 e. The second-order valence-corrected chi connectivity index (χ2v) is 3.88. The van der Waals surface area contributed by atoms with Gasteiger partial charge < -0.3 is 14.2 Å². The van der Waals surface area contributed by atoms with Gasteiger partial charge >= 0.3 is 5.97 Å². The van der Waals surface area contributed by atoms with Gasteiger partial charge in [0.1, 0.15) is 5.56 Å². The molecule has 0 unspecified atom stereocenters. The molecule has 0 aliphatic carbocycles. The first kappa shape index (κ1) is 14.4. The Labute approximate surface area is 108 Å². The third kappa shape index (κ3) is 3.15. The summed E-state index contributed by atoms with van der Waals surface area (Å²) in [6.07, 6.45) is 1.80. The molecule has 0 aliphatic rings. The fourth-order valence-electron chi connectivity index (χ4n) is 1.69. The van der Waals surface area contributed by atoms with E-state index in [0.29, 0.717) is 17.1 Å². The molecule has 0 bridgehead atoms. The molecular formula is C14H20O4. The minimum atomic E-state index is -0.421. The monoisotopic (exact) mass is 252 g/mol. The highest BCUT2D eigenvalue weighted by Crippen LogP contribution is 2.33. The zero-order valence-electron chi connectivity index (χ0n) is 11.4. The predicted octanol–water partition coefficient (Wildman–Crippen LogP) is 3.05. The summed E-state index contributed by atoms with van der Waals surface area (Å²) in [6.45, 7) is 4.09. The van der Waals surface area contributed by atoms with Gasteiger partial charge in [0.15, 0.2) is 11.5 Å². The van der Waals surface area contributed by atoms with Crippen molar-refractivity contribution in [1.82, 2.24) is 0 Å². The van der Waals surface area contributed by atoms with Crippen molar-refractivity contribution in [3.63, 3.8) is 0 Å². The highest BCUT2D eigenvalue weighted by atomic mass is 16.5. The van der Waals surface area contributed by atoms with Crippen molar-refractivity contribution in [3.8, 4) is 11.5 Å². The minimum Gasteiger partial charge on any atom is -0.493 e. The van der Waals surface area contributed by atoms with E-state index in [1.54, 1.807) is 25.3 Å². The van der Waals surface area contributed by atoms with Crippen LogP contribution in [0, 0.1) is 0 Å². The van der Waals surface area contributed by atoms with Gasteiger partial charge in [0, 0.05) is 0 Å². The second kappa shape index (κ2) is 6.89. The van der Waals surface area contributed by atoms with Crippen molar-refractivity contribution >= 4 is 5.97 Å². The van der Waals surface area contributed by atoms with Crippen molar-refractivity contribution < 1.29 is 19.0 Å². The number of hydrogen-bond acceptors (Lipinski definition) is 4. The molecule has 0 saturated carbocycles. The molecule has 100 valence electrons. The van der Waals surface area contributed by atoms with E-state index in [1.807, 2.05) is 13.8 Å².